The van der Waals surface area contributed by atoms with Crippen LogP contribution >= 0.6 is 11.3 Å². The maximum atomic E-state index is 13.4. The molecule has 10 nitrogen and oxygen atoms in total. The van der Waals surface area contributed by atoms with Gasteiger partial charge in [0.1, 0.15) is 11.2 Å². The average Bonchev–Trinajstić information content (AvgIpc) is 3.39. The molecule has 3 aromatic rings. The van der Waals surface area contributed by atoms with E-state index in [0.717, 1.165) is 16.1 Å². The number of rotatable bonds is 5. The number of amides is 3. The molecule has 0 radical (unpaired) electrons. The molecule has 3 heterocycles. The van der Waals surface area contributed by atoms with E-state index < -0.39 is 17.3 Å². The molecule has 1 aliphatic heterocycles. The van der Waals surface area contributed by atoms with Crippen LogP contribution in [0.25, 0.3) is 11.1 Å². The van der Waals surface area contributed by atoms with Gasteiger partial charge in [0.2, 0.25) is 0 Å². The first-order valence-electron chi connectivity index (χ1n) is 13.5. The van der Waals surface area contributed by atoms with E-state index in [-0.39, 0.29) is 12.0 Å². The molecule has 0 aliphatic carbocycles. The fourth-order valence-corrected chi connectivity index (χ4v) is 5.09. The molecule has 2 N–H and O–H groups in total. The third kappa shape index (κ3) is 8.43. The lowest BCUT2D eigenvalue weighted by molar-refractivity contribution is 0.0240. The number of anilines is 3. The highest BCUT2D eigenvalue weighted by atomic mass is 32.1. The van der Waals surface area contributed by atoms with Gasteiger partial charge in [-0.2, -0.15) is 0 Å². The van der Waals surface area contributed by atoms with Gasteiger partial charge >= 0.3 is 12.2 Å². The van der Waals surface area contributed by atoms with E-state index >= 15 is 0 Å². The van der Waals surface area contributed by atoms with Crippen molar-refractivity contribution in [1.82, 2.24) is 9.88 Å². The predicted octanol–water partition coefficient (Wildman–Crippen LogP) is 6.47. The summed E-state index contributed by atoms with van der Waals surface area (Å²) in [4.78, 5) is 46.7. The molecule has 4 rings (SSSR count). The quantitative estimate of drug-likeness (QED) is 0.356. The number of pyridine rings is 1. The molecule has 1 aliphatic rings. The van der Waals surface area contributed by atoms with Crippen molar-refractivity contribution in [2.75, 3.05) is 41.7 Å². The zero-order valence-electron chi connectivity index (χ0n) is 24.3. The highest BCUT2D eigenvalue weighted by Crippen LogP contribution is 2.32. The number of carbonyl (C=O) groups excluding carboxylic acids is 3. The molecule has 3 amide bonds. The molecule has 1 aromatic carbocycles. The maximum Gasteiger partial charge on any atom is 0.412 e. The van der Waals surface area contributed by atoms with Crippen molar-refractivity contribution in [1.29, 1.82) is 0 Å². The summed E-state index contributed by atoms with van der Waals surface area (Å²) in [6.45, 7) is 13.3. The smallest absolute Gasteiger partial charge is 0.412 e. The van der Waals surface area contributed by atoms with Crippen LogP contribution < -0.4 is 15.5 Å². The number of nitrogens with one attached hydrogen (secondary N) is 2. The molecular weight excluding hydrogens is 542 g/mol. The minimum Gasteiger partial charge on any atom is -0.444 e. The van der Waals surface area contributed by atoms with Gasteiger partial charge in [-0.1, -0.05) is 6.07 Å². The largest absolute Gasteiger partial charge is 0.444 e. The fraction of sp³-hybridized carbons (Fsp3) is 0.400. The monoisotopic (exact) mass is 579 g/mol. The number of aromatic nitrogens is 1. The second-order valence-corrected chi connectivity index (χ2v) is 12.7. The molecule has 218 valence electrons. The van der Waals surface area contributed by atoms with E-state index in [1.807, 2.05) is 51.1 Å². The maximum absolute atomic E-state index is 13.4. The van der Waals surface area contributed by atoms with Crippen molar-refractivity contribution in [3.8, 4) is 11.1 Å². The lowest BCUT2D eigenvalue weighted by Gasteiger charge is -2.36. The Morgan fingerprint density at radius 1 is 0.780 bits per heavy atom. The van der Waals surface area contributed by atoms with Gasteiger partial charge in [0.15, 0.2) is 0 Å². The van der Waals surface area contributed by atoms with Crippen molar-refractivity contribution < 1.29 is 23.9 Å². The Morgan fingerprint density at radius 2 is 1.44 bits per heavy atom. The van der Waals surface area contributed by atoms with Gasteiger partial charge in [-0.3, -0.25) is 15.1 Å². The van der Waals surface area contributed by atoms with Crippen LogP contribution in [0.2, 0.25) is 0 Å². The number of hydrogen-bond donors (Lipinski definition) is 2. The third-order valence-corrected chi connectivity index (χ3v) is 7.12. The number of carbonyl (C=O) groups is 3. The Morgan fingerprint density at radius 3 is 2.07 bits per heavy atom. The topological polar surface area (TPSA) is 113 Å². The number of benzene rings is 1. The zero-order chi connectivity index (χ0) is 29.8. The van der Waals surface area contributed by atoms with Gasteiger partial charge in [-0.15, -0.1) is 11.3 Å². The Labute approximate surface area is 244 Å². The van der Waals surface area contributed by atoms with Crippen molar-refractivity contribution in [3.63, 3.8) is 0 Å². The Bertz CT molecular complexity index is 1390. The first kappa shape index (κ1) is 29.9. The number of hydrogen-bond acceptors (Lipinski definition) is 8. The molecule has 41 heavy (non-hydrogen) atoms. The number of nitrogens with zero attached hydrogens (tertiary/aromatic N) is 3. The van der Waals surface area contributed by atoms with Crippen LogP contribution in [0.3, 0.4) is 0 Å². The van der Waals surface area contributed by atoms with E-state index in [2.05, 4.69) is 20.5 Å². The van der Waals surface area contributed by atoms with E-state index in [9.17, 15) is 14.4 Å². The van der Waals surface area contributed by atoms with Crippen molar-refractivity contribution >= 4 is 45.8 Å². The summed E-state index contributed by atoms with van der Waals surface area (Å²) < 4.78 is 10.9. The van der Waals surface area contributed by atoms with Gasteiger partial charge in [0, 0.05) is 38.6 Å². The lowest BCUT2D eigenvalue weighted by atomic mass is 10.1. The minimum absolute atomic E-state index is 0.298. The fourth-order valence-electron chi connectivity index (χ4n) is 4.13. The van der Waals surface area contributed by atoms with Crippen LogP contribution in [0.4, 0.5) is 26.0 Å². The summed E-state index contributed by atoms with van der Waals surface area (Å²) in [5.41, 5.74) is 1.42. The molecule has 0 saturated carbocycles. The van der Waals surface area contributed by atoms with Crippen LogP contribution in [0.1, 0.15) is 51.2 Å². The van der Waals surface area contributed by atoms with Crippen LogP contribution in [-0.2, 0) is 9.47 Å². The van der Waals surface area contributed by atoms with E-state index in [1.54, 1.807) is 50.2 Å². The Balaban J connectivity index is 1.47. The zero-order valence-corrected chi connectivity index (χ0v) is 25.1. The Hall–Kier alpha value is -4.12. The standard InChI is InChI=1S/C30H37N5O5S/c1-29(2,3)39-27(37)33-22-8-7-21(20-11-13-31-14-12-20)19-23(22)32-26(36)24-9-10-25(41-24)34-15-17-35(18-16-34)28(38)40-30(4,5)6/h7-14,19H,15-18H2,1-6H3,(H,32,36)(H,33,37). The Kier molecular flexibility index (Phi) is 8.86. The van der Waals surface area contributed by atoms with Gasteiger partial charge in [-0.05, 0) is 89.1 Å². The van der Waals surface area contributed by atoms with Crippen molar-refractivity contribution in [2.45, 2.75) is 52.7 Å². The van der Waals surface area contributed by atoms with Crippen LogP contribution in [0.15, 0.2) is 54.9 Å². The summed E-state index contributed by atoms with van der Waals surface area (Å²) in [6, 6.07) is 12.8. The number of thiophene rings is 1. The van der Waals surface area contributed by atoms with Crippen LogP contribution in [0.5, 0.6) is 0 Å². The summed E-state index contributed by atoms with van der Waals surface area (Å²) >= 11 is 1.37. The molecule has 2 aromatic heterocycles. The predicted molar refractivity (Wildman–Crippen MR) is 162 cm³/mol. The molecule has 0 spiro atoms. The van der Waals surface area contributed by atoms with Crippen LogP contribution in [-0.4, -0.2) is 65.4 Å². The molecule has 0 atom stereocenters. The lowest BCUT2D eigenvalue weighted by Crippen LogP contribution is -2.49. The third-order valence-electron chi connectivity index (χ3n) is 5.98. The molecule has 0 bridgehead atoms. The van der Waals surface area contributed by atoms with E-state index in [0.29, 0.717) is 42.4 Å². The minimum atomic E-state index is -0.670. The molecule has 11 heteroatoms. The van der Waals surface area contributed by atoms with Gasteiger partial charge < -0.3 is 24.6 Å². The first-order chi connectivity index (χ1) is 19.3. The molecule has 0 unspecified atom stereocenters. The second kappa shape index (κ2) is 12.2. The molecule has 1 fully saturated rings. The molecular formula is C30H37N5O5S. The average molecular weight is 580 g/mol. The summed E-state index contributed by atoms with van der Waals surface area (Å²) in [6.07, 6.45) is 2.46. The SMILES string of the molecule is CC(C)(C)OC(=O)Nc1ccc(-c2ccncc2)cc1NC(=O)c1ccc(N2CCN(C(=O)OC(C)(C)C)CC2)s1. The van der Waals surface area contributed by atoms with Gasteiger partial charge in [0.25, 0.3) is 5.91 Å². The summed E-state index contributed by atoms with van der Waals surface area (Å²) in [5, 5.41) is 6.66. The highest BCUT2D eigenvalue weighted by molar-refractivity contribution is 7.18. The number of ether oxygens (including phenoxy) is 2. The van der Waals surface area contributed by atoms with Gasteiger partial charge in [-0.25, -0.2) is 9.59 Å². The number of piperazine rings is 1. The second-order valence-electron chi connectivity index (χ2n) is 11.7. The summed E-state index contributed by atoms with van der Waals surface area (Å²) in [5.74, 6) is -0.298. The highest BCUT2D eigenvalue weighted by Gasteiger charge is 2.27. The van der Waals surface area contributed by atoms with Crippen molar-refractivity contribution in [3.05, 3.63) is 59.7 Å². The first-order valence-corrected chi connectivity index (χ1v) is 14.3. The molecule has 1 saturated heterocycles. The van der Waals surface area contributed by atoms with Gasteiger partial charge in [0.05, 0.1) is 21.3 Å². The normalized spacial score (nSPS) is 13.9. The van der Waals surface area contributed by atoms with E-state index in [1.165, 1.54) is 11.3 Å². The summed E-state index contributed by atoms with van der Waals surface area (Å²) in [7, 11) is 0. The van der Waals surface area contributed by atoms with Crippen molar-refractivity contribution in [2.24, 2.45) is 0 Å². The van der Waals surface area contributed by atoms with E-state index in [4.69, 9.17) is 9.47 Å². The van der Waals surface area contributed by atoms with Crippen LogP contribution in [0, 0.1) is 0 Å².